The Kier molecular flexibility index (Phi) is 7.07. The van der Waals surface area contributed by atoms with Gasteiger partial charge in [-0.1, -0.05) is 37.1 Å². The molecule has 1 aromatic rings. The highest BCUT2D eigenvalue weighted by molar-refractivity contribution is 6.43. The minimum Gasteiger partial charge on any atom is -0.508 e. The number of rotatable bonds is 7. The van der Waals surface area contributed by atoms with Gasteiger partial charge in [-0.05, 0) is 66.8 Å². The van der Waals surface area contributed by atoms with E-state index in [1.54, 1.807) is 12.1 Å². The number of carbonyl (C=O) groups is 2. The quantitative estimate of drug-likeness (QED) is 0.333. The van der Waals surface area contributed by atoms with E-state index in [9.17, 15) is 24.8 Å². The third kappa shape index (κ3) is 4.65. The third-order valence-electron chi connectivity index (χ3n) is 7.26. The van der Waals surface area contributed by atoms with E-state index in [2.05, 4.69) is 13.0 Å². The van der Waals surface area contributed by atoms with Crippen molar-refractivity contribution in [2.45, 2.75) is 51.5 Å². The van der Waals surface area contributed by atoms with Crippen molar-refractivity contribution < 1.29 is 29.5 Å². The van der Waals surface area contributed by atoms with Crippen molar-refractivity contribution in [3.63, 3.8) is 0 Å². The SMILES string of the molecule is CCC/C(=C\c1cccc(O)c1)CC[C@H]1OB(O)C[C@H]2C1=C(CO)C[C@H]1C(=O)N(C)C(=O)[C@H]12. The number of carbonyl (C=O) groups excluding carboxylic acids is 2. The standard InChI is InChI=1S/C25H32BNO6/c1-3-5-15(10-16-6-4-7-18(29)11-16)8-9-21-22-17(14-28)12-19-23(20(22)13-26(32)33-21)25(31)27(2)24(19)30/h4,6-7,10-11,19-21,23,28-29,32H,3,5,8-9,12-14H2,1-2H3/b15-10+/t19-,20+,21-,23-/m1/s1. The normalized spacial score (nSPS) is 27.8. The number of aliphatic hydroxyl groups is 1. The molecule has 0 bridgehead atoms. The number of imide groups is 1. The summed E-state index contributed by atoms with van der Waals surface area (Å²) in [6.07, 6.45) is 5.46. The molecule has 0 aromatic heterocycles. The van der Waals surface area contributed by atoms with Gasteiger partial charge in [-0.2, -0.15) is 0 Å². The molecular formula is C25H32BNO6. The first-order chi connectivity index (χ1) is 15.8. The predicted molar refractivity (Wildman–Crippen MR) is 125 cm³/mol. The number of phenolic OH excluding ortho intramolecular Hbond substituents is 1. The van der Waals surface area contributed by atoms with Crippen LogP contribution in [0.4, 0.5) is 0 Å². The van der Waals surface area contributed by atoms with E-state index < -0.39 is 25.1 Å². The molecule has 4 rings (SSSR count). The Balaban J connectivity index is 1.60. The van der Waals surface area contributed by atoms with Crippen LogP contribution in [0.1, 0.15) is 44.6 Å². The first-order valence-electron chi connectivity index (χ1n) is 11.8. The summed E-state index contributed by atoms with van der Waals surface area (Å²) in [7, 11) is 0.499. The smallest absolute Gasteiger partial charge is 0.455 e. The van der Waals surface area contributed by atoms with E-state index >= 15 is 0 Å². The third-order valence-corrected chi connectivity index (χ3v) is 7.26. The summed E-state index contributed by atoms with van der Waals surface area (Å²) in [6, 6.07) is 7.11. The number of benzene rings is 1. The molecule has 1 aliphatic carbocycles. The summed E-state index contributed by atoms with van der Waals surface area (Å²) in [4.78, 5) is 26.7. The van der Waals surface area contributed by atoms with E-state index in [4.69, 9.17) is 4.65 Å². The summed E-state index contributed by atoms with van der Waals surface area (Å²) in [5.74, 6) is -1.45. The molecule has 33 heavy (non-hydrogen) atoms. The van der Waals surface area contributed by atoms with E-state index in [1.165, 1.54) is 17.5 Å². The fourth-order valence-corrected chi connectivity index (χ4v) is 5.82. The Morgan fingerprint density at radius 1 is 1.24 bits per heavy atom. The van der Waals surface area contributed by atoms with Crippen LogP contribution in [0.3, 0.4) is 0 Å². The van der Waals surface area contributed by atoms with Crippen LogP contribution in [-0.2, 0) is 14.2 Å². The Labute approximate surface area is 194 Å². The maximum absolute atomic E-state index is 12.9. The van der Waals surface area contributed by atoms with Crippen LogP contribution in [0, 0.1) is 17.8 Å². The van der Waals surface area contributed by atoms with Gasteiger partial charge in [-0.15, -0.1) is 0 Å². The summed E-state index contributed by atoms with van der Waals surface area (Å²) in [5, 5.41) is 30.4. The molecule has 2 fully saturated rings. The molecule has 2 aliphatic heterocycles. The molecule has 3 N–H and O–H groups in total. The maximum Gasteiger partial charge on any atom is 0.455 e. The summed E-state index contributed by atoms with van der Waals surface area (Å²) >= 11 is 0. The second kappa shape index (κ2) is 9.83. The monoisotopic (exact) mass is 453 g/mol. The number of hydrogen-bond donors (Lipinski definition) is 3. The number of fused-ring (bicyclic) bond motifs is 3. The predicted octanol–water partition coefficient (Wildman–Crippen LogP) is 2.78. The first-order valence-corrected chi connectivity index (χ1v) is 11.8. The van der Waals surface area contributed by atoms with Crippen molar-refractivity contribution in [1.82, 2.24) is 4.90 Å². The molecule has 2 heterocycles. The van der Waals surface area contributed by atoms with Crippen molar-refractivity contribution in [2.75, 3.05) is 13.7 Å². The fourth-order valence-electron chi connectivity index (χ4n) is 5.82. The second-order valence-electron chi connectivity index (χ2n) is 9.40. The van der Waals surface area contributed by atoms with Crippen molar-refractivity contribution in [2.24, 2.45) is 17.8 Å². The van der Waals surface area contributed by atoms with Crippen LogP contribution in [-0.4, -0.2) is 58.8 Å². The minimum absolute atomic E-state index is 0.183. The van der Waals surface area contributed by atoms with Crippen LogP contribution >= 0.6 is 0 Å². The van der Waals surface area contributed by atoms with Crippen molar-refractivity contribution >= 4 is 25.0 Å². The molecule has 176 valence electrons. The lowest BCUT2D eigenvalue weighted by Gasteiger charge is -2.43. The molecule has 0 saturated carbocycles. The molecule has 2 amide bonds. The van der Waals surface area contributed by atoms with E-state index in [-0.39, 0.29) is 36.4 Å². The number of hydrogen-bond acceptors (Lipinski definition) is 6. The van der Waals surface area contributed by atoms with Crippen LogP contribution in [0.25, 0.3) is 6.08 Å². The number of likely N-dealkylation sites (tertiary alicyclic amines) is 1. The second-order valence-corrected chi connectivity index (χ2v) is 9.40. The van der Waals surface area contributed by atoms with Crippen molar-refractivity contribution in [1.29, 1.82) is 0 Å². The lowest BCUT2D eigenvalue weighted by Crippen LogP contribution is -2.46. The molecule has 3 aliphatic rings. The molecule has 8 heteroatoms. The molecule has 0 unspecified atom stereocenters. The van der Waals surface area contributed by atoms with Gasteiger partial charge >= 0.3 is 7.12 Å². The molecule has 4 atom stereocenters. The van der Waals surface area contributed by atoms with Gasteiger partial charge in [-0.3, -0.25) is 14.5 Å². The number of aliphatic hydroxyl groups excluding tert-OH is 1. The first kappa shape index (κ1) is 23.7. The average molecular weight is 453 g/mol. The van der Waals surface area contributed by atoms with Gasteiger partial charge in [0.15, 0.2) is 0 Å². The van der Waals surface area contributed by atoms with Gasteiger partial charge in [0.1, 0.15) is 5.75 Å². The van der Waals surface area contributed by atoms with Crippen molar-refractivity contribution in [3.8, 4) is 5.75 Å². The Hall–Kier alpha value is -2.42. The molecule has 2 saturated heterocycles. The van der Waals surface area contributed by atoms with Crippen LogP contribution < -0.4 is 0 Å². The summed E-state index contributed by atoms with van der Waals surface area (Å²) in [6.45, 7) is 1.93. The summed E-state index contributed by atoms with van der Waals surface area (Å²) in [5.41, 5.74) is 3.79. The molecule has 1 aromatic carbocycles. The van der Waals surface area contributed by atoms with Crippen LogP contribution in [0.15, 0.2) is 41.0 Å². The van der Waals surface area contributed by atoms with Gasteiger partial charge in [0.2, 0.25) is 11.8 Å². The van der Waals surface area contributed by atoms with Gasteiger partial charge in [0.05, 0.1) is 24.5 Å². The maximum atomic E-state index is 12.9. The Morgan fingerprint density at radius 3 is 2.73 bits per heavy atom. The minimum atomic E-state index is -1.01. The number of nitrogens with zero attached hydrogens (tertiary/aromatic N) is 1. The lowest BCUT2D eigenvalue weighted by molar-refractivity contribution is -0.138. The van der Waals surface area contributed by atoms with Crippen molar-refractivity contribution in [3.05, 3.63) is 46.5 Å². The van der Waals surface area contributed by atoms with E-state index in [0.717, 1.165) is 36.0 Å². The molecule has 0 spiro atoms. The lowest BCUT2D eigenvalue weighted by atomic mass is 9.58. The highest BCUT2D eigenvalue weighted by Crippen LogP contribution is 2.50. The largest absolute Gasteiger partial charge is 0.508 e. The number of amides is 2. The van der Waals surface area contributed by atoms with Gasteiger partial charge < -0.3 is 19.9 Å². The van der Waals surface area contributed by atoms with Crippen LogP contribution in [0.2, 0.25) is 6.32 Å². The number of aromatic hydroxyl groups is 1. The van der Waals surface area contributed by atoms with Gasteiger partial charge in [-0.25, -0.2) is 0 Å². The molecule has 7 nitrogen and oxygen atoms in total. The Bertz CT molecular complexity index is 989. The van der Waals surface area contributed by atoms with Crippen LogP contribution in [0.5, 0.6) is 5.75 Å². The topological polar surface area (TPSA) is 107 Å². The van der Waals surface area contributed by atoms with Gasteiger partial charge in [0, 0.05) is 7.05 Å². The molecular weight excluding hydrogens is 421 g/mol. The molecule has 0 radical (unpaired) electrons. The highest BCUT2D eigenvalue weighted by atomic mass is 16.5. The van der Waals surface area contributed by atoms with Gasteiger partial charge in [0.25, 0.3) is 0 Å². The van der Waals surface area contributed by atoms with E-state index in [0.29, 0.717) is 12.8 Å². The fraction of sp³-hybridized carbons (Fsp3) is 0.520. The number of allylic oxidation sites excluding steroid dienone is 1. The zero-order chi connectivity index (χ0) is 23.7. The zero-order valence-corrected chi connectivity index (χ0v) is 19.2. The summed E-state index contributed by atoms with van der Waals surface area (Å²) < 4.78 is 5.93. The Morgan fingerprint density at radius 2 is 2.03 bits per heavy atom. The highest BCUT2D eigenvalue weighted by Gasteiger charge is 2.56. The average Bonchev–Trinajstić information content (AvgIpc) is 3.00. The van der Waals surface area contributed by atoms with E-state index in [1.807, 2.05) is 12.1 Å². The number of phenols is 1. The zero-order valence-electron chi connectivity index (χ0n) is 19.2.